The largest absolute Gasteiger partial charge is 0.393 e. The Morgan fingerprint density at radius 3 is 2.56 bits per heavy atom. The SMILES string of the molecule is CNC(=O)C1CC(O)C1. The van der Waals surface area contributed by atoms with Gasteiger partial charge in [0.05, 0.1) is 6.10 Å². The molecule has 0 atom stereocenters. The molecule has 3 nitrogen and oxygen atoms in total. The zero-order valence-corrected chi connectivity index (χ0v) is 5.42. The molecule has 3 heteroatoms. The fourth-order valence-electron chi connectivity index (χ4n) is 1.01. The van der Waals surface area contributed by atoms with Crippen molar-refractivity contribution in [2.45, 2.75) is 18.9 Å². The van der Waals surface area contributed by atoms with E-state index in [1.54, 1.807) is 7.05 Å². The third kappa shape index (κ3) is 1.21. The fraction of sp³-hybridized carbons (Fsp3) is 0.833. The number of rotatable bonds is 1. The van der Waals surface area contributed by atoms with Crippen LogP contribution in [0.15, 0.2) is 0 Å². The summed E-state index contributed by atoms with van der Waals surface area (Å²) in [5.41, 5.74) is 0. The average Bonchev–Trinajstić information content (AvgIpc) is 1.79. The molecule has 9 heavy (non-hydrogen) atoms. The first-order valence-corrected chi connectivity index (χ1v) is 3.13. The zero-order valence-electron chi connectivity index (χ0n) is 5.42. The maximum atomic E-state index is 10.7. The van der Waals surface area contributed by atoms with E-state index in [1.165, 1.54) is 0 Å². The van der Waals surface area contributed by atoms with Crippen LogP contribution in [0.2, 0.25) is 0 Å². The van der Waals surface area contributed by atoms with Crippen LogP contribution < -0.4 is 5.32 Å². The molecule has 1 aliphatic carbocycles. The molecule has 52 valence electrons. The molecule has 0 aromatic heterocycles. The van der Waals surface area contributed by atoms with E-state index in [9.17, 15) is 4.79 Å². The number of aliphatic hydroxyl groups excluding tert-OH is 1. The molecule has 0 aliphatic heterocycles. The summed E-state index contributed by atoms with van der Waals surface area (Å²) in [5, 5.41) is 11.3. The average molecular weight is 129 g/mol. The molecule has 0 radical (unpaired) electrons. The van der Waals surface area contributed by atoms with E-state index >= 15 is 0 Å². The summed E-state index contributed by atoms with van der Waals surface area (Å²) in [7, 11) is 1.62. The van der Waals surface area contributed by atoms with Gasteiger partial charge >= 0.3 is 0 Å². The molecule has 0 unspecified atom stereocenters. The van der Waals surface area contributed by atoms with Gasteiger partial charge in [0.15, 0.2) is 0 Å². The summed E-state index contributed by atoms with van der Waals surface area (Å²) in [4.78, 5) is 10.7. The lowest BCUT2D eigenvalue weighted by molar-refractivity contribution is -0.130. The molecule has 0 saturated heterocycles. The number of amides is 1. The van der Waals surface area contributed by atoms with Crippen LogP contribution in [-0.2, 0) is 4.79 Å². The minimum atomic E-state index is -0.229. The molecular weight excluding hydrogens is 118 g/mol. The fourth-order valence-corrected chi connectivity index (χ4v) is 1.01. The Balaban J connectivity index is 2.23. The van der Waals surface area contributed by atoms with Gasteiger partial charge in [-0.15, -0.1) is 0 Å². The first-order valence-electron chi connectivity index (χ1n) is 3.13. The first kappa shape index (κ1) is 6.55. The Kier molecular flexibility index (Phi) is 1.71. The molecule has 2 N–H and O–H groups in total. The van der Waals surface area contributed by atoms with Crippen molar-refractivity contribution in [3.05, 3.63) is 0 Å². The molecule has 0 bridgehead atoms. The predicted molar refractivity (Wildman–Crippen MR) is 32.8 cm³/mol. The van der Waals surface area contributed by atoms with Crippen LogP contribution in [0.1, 0.15) is 12.8 Å². The highest BCUT2D eigenvalue weighted by Gasteiger charge is 2.32. The molecule has 1 fully saturated rings. The highest BCUT2D eigenvalue weighted by Crippen LogP contribution is 2.26. The van der Waals surface area contributed by atoms with Crippen molar-refractivity contribution in [1.29, 1.82) is 0 Å². The van der Waals surface area contributed by atoms with Crippen molar-refractivity contribution in [3.63, 3.8) is 0 Å². The van der Waals surface area contributed by atoms with Gasteiger partial charge in [0.2, 0.25) is 5.91 Å². The second kappa shape index (κ2) is 2.35. The number of carbonyl (C=O) groups is 1. The van der Waals surface area contributed by atoms with E-state index in [-0.39, 0.29) is 17.9 Å². The Morgan fingerprint density at radius 2 is 2.22 bits per heavy atom. The van der Waals surface area contributed by atoms with E-state index in [4.69, 9.17) is 5.11 Å². The number of nitrogens with one attached hydrogen (secondary N) is 1. The molecule has 1 aliphatic rings. The highest BCUT2D eigenvalue weighted by atomic mass is 16.3. The molecule has 1 saturated carbocycles. The van der Waals surface area contributed by atoms with Crippen molar-refractivity contribution in [1.82, 2.24) is 5.32 Å². The first-order chi connectivity index (χ1) is 4.24. The monoisotopic (exact) mass is 129 g/mol. The summed E-state index contributed by atoms with van der Waals surface area (Å²) in [6.07, 6.45) is 1.05. The zero-order chi connectivity index (χ0) is 6.85. The van der Waals surface area contributed by atoms with E-state index in [0.29, 0.717) is 12.8 Å². The van der Waals surface area contributed by atoms with Crippen LogP contribution in [0.5, 0.6) is 0 Å². The van der Waals surface area contributed by atoms with Crippen LogP contribution in [0.25, 0.3) is 0 Å². The lowest BCUT2D eigenvalue weighted by atomic mass is 9.82. The molecule has 0 heterocycles. The lowest BCUT2D eigenvalue weighted by Gasteiger charge is -2.29. The van der Waals surface area contributed by atoms with Crippen molar-refractivity contribution < 1.29 is 9.90 Å². The van der Waals surface area contributed by atoms with Crippen molar-refractivity contribution >= 4 is 5.91 Å². The van der Waals surface area contributed by atoms with E-state index in [0.717, 1.165) is 0 Å². The van der Waals surface area contributed by atoms with Crippen LogP contribution >= 0.6 is 0 Å². The van der Waals surface area contributed by atoms with Crippen LogP contribution in [-0.4, -0.2) is 24.2 Å². The summed E-state index contributed by atoms with van der Waals surface area (Å²) >= 11 is 0. The van der Waals surface area contributed by atoms with Crippen LogP contribution in [0.3, 0.4) is 0 Å². The summed E-state index contributed by atoms with van der Waals surface area (Å²) < 4.78 is 0. The summed E-state index contributed by atoms with van der Waals surface area (Å²) in [5.74, 6) is 0.130. The van der Waals surface area contributed by atoms with Crippen LogP contribution in [0, 0.1) is 5.92 Å². The van der Waals surface area contributed by atoms with Gasteiger partial charge in [-0.1, -0.05) is 0 Å². The van der Waals surface area contributed by atoms with Gasteiger partial charge < -0.3 is 10.4 Å². The van der Waals surface area contributed by atoms with Crippen molar-refractivity contribution in [2.75, 3.05) is 7.05 Å². The Morgan fingerprint density at radius 1 is 1.67 bits per heavy atom. The Hall–Kier alpha value is -0.570. The minimum absolute atomic E-state index is 0.0558. The van der Waals surface area contributed by atoms with Gasteiger partial charge in [-0.3, -0.25) is 4.79 Å². The lowest BCUT2D eigenvalue weighted by Crippen LogP contribution is -2.39. The second-order valence-electron chi connectivity index (χ2n) is 2.44. The van der Waals surface area contributed by atoms with Gasteiger partial charge in [-0.25, -0.2) is 0 Å². The Labute approximate surface area is 54.1 Å². The molecule has 0 spiro atoms. The quantitative estimate of drug-likeness (QED) is 0.501. The molecular formula is C6H11NO2. The van der Waals surface area contributed by atoms with Gasteiger partial charge in [0.1, 0.15) is 0 Å². The van der Waals surface area contributed by atoms with E-state index in [1.807, 2.05) is 0 Å². The molecule has 1 rings (SSSR count). The smallest absolute Gasteiger partial charge is 0.223 e. The highest BCUT2D eigenvalue weighted by molar-refractivity contribution is 5.79. The molecule has 0 aromatic carbocycles. The number of aliphatic hydroxyl groups is 1. The van der Waals surface area contributed by atoms with Gasteiger partial charge in [-0.05, 0) is 12.8 Å². The Bertz CT molecular complexity index is 118. The summed E-state index contributed by atoms with van der Waals surface area (Å²) in [6.45, 7) is 0. The van der Waals surface area contributed by atoms with Crippen LogP contribution in [0.4, 0.5) is 0 Å². The summed E-state index contributed by atoms with van der Waals surface area (Å²) in [6, 6.07) is 0. The number of hydrogen-bond donors (Lipinski definition) is 2. The molecule has 1 amide bonds. The van der Waals surface area contributed by atoms with Gasteiger partial charge in [0, 0.05) is 13.0 Å². The second-order valence-corrected chi connectivity index (χ2v) is 2.44. The number of carbonyl (C=O) groups excluding carboxylic acids is 1. The maximum absolute atomic E-state index is 10.7. The normalized spacial score (nSPS) is 33.1. The van der Waals surface area contributed by atoms with E-state index in [2.05, 4.69) is 5.32 Å². The van der Waals surface area contributed by atoms with Gasteiger partial charge in [-0.2, -0.15) is 0 Å². The van der Waals surface area contributed by atoms with Crippen molar-refractivity contribution in [3.8, 4) is 0 Å². The third-order valence-corrected chi connectivity index (χ3v) is 1.73. The minimum Gasteiger partial charge on any atom is -0.393 e. The van der Waals surface area contributed by atoms with Gasteiger partial charge in [0.25, 0.3) is 0 Å². The van der Waals surface area contributed by atoms with E-state index < -0.39 is 0 Å². The number of hydrogen-bond acceptors (Lipinski definition) is 2. The standard InChI is InChI=1S/C6H11NO2/c1-7-6(9)4-2-5(8)3-4/h4-5,8H,2-3H2,1H3,(H,7,9). The van der Waals surface area contributed by atoms with Crippen molar-refractivity contribution in [2.24, 2.45) is 5.92 Å². The third-order valence-electron chi connectivity index (χ3n) is 1.73. The predicted octanol–water partition coefficient (Wildman–Crippen LogP) is -0.497. The molecule has 0 aromatic rings. The maximum Gasteiger partial charge on any atom is 0.223 e. The topological polar surface area (TPSA) is 49.3 Å².